The summed E-state index contributed by atoms with van der Waals surface area (Å²) in [4.78, 5) is 30.2. The highest BCUT2D eigenvalue weighted by Gasteiger charge is 2.23. The van der Waals surface area contributed by atoms with Crippen molar-refractivity contribution >= 4 is 52.0 Å². The standard InChI is InChI=1S/C16H14ClN3O2S2/c17-12-9-11(19-14(21)10-20-7-8-23-16(20)22)4-5-13(12)24-15-3-1-2-6-18-15/h1-6,9H,7-8,10H2,(H,19,21). The molecule has 124 valence electrons. The predicted octanol–water partition coefficient (Wildman–Crippen LogP) is 3.99. The second-order valence-corrected chi connectivity index (χ2v) is 7.51. The molecule has 5 nitrogen and oxygen atoms in total. The number of amides is 2. The van der Waals surface area contributed by atoms with E-state index in [1.54, 1.807) is 18.3 Å². The first-order valence-electron chi connectivity index (χ1n) is 7.22. The largest absolute Gasteiger partial charge is 0.324 e. The van der Waals surface area contributed by atoms with Crippen molar-refractivity contribution in [2.45, 2.75) is 9.92 Å². The van der Waals surface area contributed by atoms with Gasteiger partial charge in [0.1, 0.15) is 11.6 Å². The lowest BCUT2D eigenvalue weighted by Gasteiger charge is -2.14. The number of thioether (sulfide) groups is 1. The maximum atomic E-state index is 12.0. The minimum Gasteiger partial charge on any atom is -0.324 e. The van der Waals surface area contributed by atoms with Crippen LogP contribution in [0.5, 0.6) is 0 Å². The summed E-state index contributed by atoms with van der Waals surface area (Å²) in [7, 11) is 0. The van der Waals surface area contributed by atoms with E-state index in [1.165, 1.54) is 28.4 Å². The first-order chi connectivity index (χ1) is 11.6. The Morgan fingerprint density at radius 1 is 1.38 bits per heavy atom. The van der Waals surface area contributed by atoms with Crippen LogP contribution in [-0.4, -0.2) is 39.9 Å². The van der Waals surface area contributed by atoms with Gasteiger partial charge in [-0.3, -0.25) is 9.59 Å². The summed E-state index contributed by atoms with van der Waals surface area (Å²) in [6.07, 6.45) is 1.72. The van der Waals surface area contributed by atoms with E-state index in [0.29, 0.717) is 17.3 Å². The van der Waals surface area contributed by atoms with E-state index in [0.717, 1.165) is 15.7 Å². The molecule has 1 aromatic carbocycles. The molecule has 0 radical (unpaired) electrons. The van der Waals surface area contributed by atoms with Crippen LogP contribution in [0.3, 0.4) is 0 Å². The van der Waals surface area contributed by atoms with Gasteiger partial charge in [0.25, 0.3) is 5.24 Å². The number of carbonyl (C=O) groups excluding carboxylic acids is 2. The smallest absolute Gasteiger partial charge is 0.282 e. The molecule has 1 aliphatic rings. The van der Waals surface area contributed by atoms with Gasteiger partial charge in [-0.05, 0) is 30.3 Å². The van der Waals surface area contributed by atoms with Gasteiger partial charge in [0.05, 0.1) is 5.02 Å². The lowest BCUT2D eigenvalue weighted by molar-refractivity contribution is -0.116. The zero-order chi connectivity index (χ0) is 16.9. The van der Waals surface area contributed by atoms with Gasteiger partial charge in [0.15, 0.2) is 0 Å². The number of nitrogens with one attached hydrogen (secondary N) is 1. The third-order valence-corrected chi connectivity index (χ3v) is 5.59. The fourth-order valence-corrected chi connectivity index (χ4v) is 4.02. The molecule has 1 fully saturated rings. The Balaban J connectivity index is 1.62. The van der Waals surface area contributed by atoms with E-state index in [1.807, 2.05) is 24.3 Å². The molecule has 1 aromatic heterocycles. The number of aromatic nitrogens is 1. The zero-order valence-corrected chi connectivity index (χ0v) is 15.0. The van der Waals surface area contributed by atoms with Crippen LogP contribution < -0.4 is 5.32 Å². The third kappa shape index (κ3) is 4.43. The topological polar surface area (TPSA) is 62.3 Å². The van der Waals surface area contributed by atoms with Gasteiger partial charge in [-0.1, -0.05) is 41.2 Å². The Bertz CT molecular complexity index is 758. The number of pyridine rings is 1. The Kier molecular flexibility index (Phi) is 5.65. The molecule has 24 heavy (non-hydrogen) atoms. The molecule has 1 aliphatic heterocycles. The number of hydrogen-bond acceptors (Lipinski definition) is 5. The van der Waals surface area contributed by atoms with E-state index in [-0.39, 0.29) is 17.7 Å². The second kappa shape index (κ2) is 7.92. The van der Waals surface area contributed by atoms with Crippen LogP contribution in [0.4, 0.5) is 10.5 Å². The fraction of sp³-hybridized carbons (Fsp3) is 0.188. The van der Waals surface area contributed by atoms with Crippen LogP contribution in [0.2, 0.25) is 5.02 Å². The van der Waals surface area contributed by atoms with E-state index in [2.05, 4.69) is 10.3 Å². The van der Waals surface area contributed by atoms with Crippen molar-refractivity contribution in [1.82, 2.24) is 9.88 Å². The van der Waals surface area contributed by atoms with Crippen LogP contribution in [0.25, 0.3) is 0 Å². The van der Waals surface area contributed by atoms with Crippen molar-refractivity contribution in [2.75, 3.05) is 24.2 Å². The van der Waals surface area contributed by atoms with Crippen LogP contribution in [0.15, 0.2) is 52.5 Å². The van der Waals surface area contributed by atoms with E-state index < -0.39 is 0 Å². The normalized spacial score (nSPS) is 14.0. The lowest BCUT2D eigenvalue weighted by atomic mass is 10.3. The minimum absolute atomic E-state index is 0.0507. The molecule has 0 atom stereocenters. The number of nitrogens with zero attached hydrogens (tertiary/aromatic N) is 2. The van der Waals surface area contributed by atoms with Crippen molar-refractivity contribution < 1.29 is 9.59 Å². The molecule has 3 rings (SSSR count). The zero-order valence-electron chi connectivity index (χ0n) is 12.6. The highest BCUT2D eigenvalue weighted by Crippen LogP contribution is 2.33. The van der Waals surface area contributed by atoms with Gasteiger partial charge in [-0.15, -0.1) is 0 Å². The van der Waals surface area contributed by atoms with E-state index in [4.69, 9.17) is 11.6 Å². The van der Waals surface area contributed by atoms with Crippen LogP contribution >= 0.6 is 35.1 Å². The fourth-order valence-electron chi connectivity index (χ4n) is 2.12. The molecule has 2 amide bonds. The maximum Gasteiger partial charge on any atom is 0.282 e. The minimum atomic E-state index is -0.230. The van der Waals surface area contributed by atoms with Crippen LogP contribution in [0, 0.1) is 0 Å². The molecular formula is C16H14ClN3O2S2. The van der Waals surface area contributed by atoms with Gasteiger partial charge in [-0.25, -0.2) is 4.98 Å². The number of benzene rings is 1. The number of rotatable bonds is 5. The first-order valence-corrected chi connectivity index (χ1v) is 9.40. The number of carbonyl (C=O) groups is 2. The predicted molar refractivity (Wildman–Crippen MR) is 97.9 cm³/mol. The van der Waals surface area contributed by atoms with Crippen molar-refractivity contribution in [2.24, 2.45) is 0 Å². The monoisotopic (exact) mass is 379 g/mol. The third-order valence-electron chi connectivity index (χ3n) is 3.25. The molecule has 0 aliphatic carbocycles. The van der Waals surface area contributed by atoms with Gasteiger partial charge in [-0.2, -0.15) is 0 Å². The molecule has 1 saturated heterocycles. The Hall–Kier alpha value is -1.70. The molecule has 0 spiro atoms. The summed E-state index contributed by atoms with van der Waals surface area (Å²) in [5, 5.41) is 4.11. The molecule has 1 N–H and O–H groups in total. The Morgan fingerprint density at radius 2 is 2.25 bits per heavy atom. The molecular weight excluding hydrogens is 366 g/mol. The Labute approximate surface area is 153 Å². The molecule has 2 aromatic rings. The summed E-state index contributed by atoms with van der Waals surface area (Å²) in [5.41, 5.74) is 0.606. The lowest BCUT2D eigenvalue weighted by Crippen LogP contribution is -2.33. The van der Waals surface area contributed by atoms with Crippen molar-refractivity contribution in [1.29, 1.82) is 0 Å². The number of halogens is 1. The highest BCUT2D eigenvalue weighted by atomic mass is 35.5. The highest BCUT2D eigenvalue weighted by molar-refractivity contribution is 8.13. The van der Waals surface area contributed by atoms with Crippen molar-refractivity contribution in [3.05, 3.63) is 47.6 Å². The molecule has 2 heterocycles. The number of anilines is 1. The van der Waals surface area contributed by atoms with Gasteiger partial charge in [0, 0.05) is 29.1 Å². The van der Waals surface area contributed by atoms with Gasteiger partial charge < -0.3 is 10.2 Å². The van der Waals surface area contributed by atoms with E-state index in [9.17, 15) is 9.59 Å². The quantitative estimate of drug-likeness (QED) is 0.850. The van der Waals surface area contributed by atoms with Gasteiger partial charge >= 0.3 is 0 Å². The van der Waals surface area contributed by atoms with Crippen LogP contribution in [-0.2, 0) is 4.79 Å². The summed E-state index contributed by atoms with van der Waals surface area (Å²) >= 11 is 8.98. The average Bonchev–Trinajstić information content (AvgIpc) is 2.96. The summed E-state index contributed by atoms with van der Waals surface area (Å²) in [6, 6.07) is 11.0. The second-order valence-electron chi connectivity index (χ2n) is 5.00. The first kappa shape index (κ1) is 17.1. The Morgan fingerprint density at radius 3 is 2.92 bits per heavy atom. The summed E-state index contributed by atoms with van der Waals surface area (Å²) in [5.74, 6) is 0.504. The SMILES string of the molecule is O=C(CN1CCSC1=O)Nc1ccc(Sc2ccccn2)c(Cl)c1. The van der Waals surface area contributed by atoms with Gasteiger partial charge in [0.2, 0.25) is 5.91 Å². The molecule has 0 bridgehead atoms. The molecule has 8 heteroatoms. The molecule has 0 unspecified atom stereocenters. The van der Waals surface area contributed by atoms with Crippen molar-refractivity contribution in [3.8, 4) is 0 Å². The summed E-state index contributed by atoms with van der Waals surface area (Å²) < 4.78 is 0. The average molecular weight is 380 g/mol. The van der Waals surface area contributed by atoms with E-state index >= 15 is 0 Å². The number of hydrogen-bond donors (Lipinski definition) is 1. The van der Waals surface area contributed by atoms with Crippen molar-refractivity contribution in [3.63, 3.8) is 0 Å². The maximum absolute atomic E-state index is 12.0. The van der Waals surface area contributed by atoms with Crippen LogP contribution in [0.1, 0.15) is 0 Å². The molecule has 0 saturated carbocycles. The summed E-state index contributed by atoms with van der Waals surface area (Å²) in [6.45, 7) is 0.672.